The van der Waals surface area contributed by atoms with Crippen molar-refractivity contribution in [2.45, 2.75) is 19.4 Å². The predicted octanol–water partition coefficient (Wildman–Crippen LogP) is 4.60. The number of thiophene rings is 1. The van der Waals surface area contributed by atoms with Crippen molar-refractivity contribution >= 4 is 33.7 Å². The van der Waals surface area contributed by atoms with Crippen LogP contribution in [0.15, 0.2) is 77.0 Å². The van der Waals surface area contributed by atoms with Gasteiger partial charge in [-0.1, -0.05) is 35.6 Å². The molecule has 5 heterocycles. The van der Waals surface area contributed by atoms with E-state index in [9.17, 15) is 4.79 Å². The third-order valence-electron chi connectivity index (χ3n) is 6.14. The van der Waals surface area contributed by atoms with Gasteiger partial charge in [-0.2, -0.15) is 14.6 Å². The minimum Gasteiger partial charge on any atom is -0.490 e. The van der Waals surface area contributed by atoms with Crippen molar-refractivity contribution < 1.29 is 4.74 Å². The molecule has 0 amide bonds. The Balaban J connectivity index is 1.38. The van der Waals surface area contributed by atoms with Gasteiger partial charge in [0.1, 0.15) is 17.5 Å². The summed E-state index contributed by atoms with van der Waals surface area (Å²) in [6.45, 7) is 2.07. The fourth-order valence-electron chi connectivity index (χ4n) is 4.48. The Labute approximate surface area is 213 Å². The monoisotopic (exact) mass is 509 g/mol. The van der Waals surface area contributed by atoms with Crippen molar-refractivity contribution in [3.05, 3.63) is 98.3 Å². The topological polar surface area (TPSA) is 74.3 Å². The molecule has 0 radical (unpaired) electrons. The number of rotatable bonds is 4. The van der Waals surface area contributed by atoms with E-state index in [1.807, 2.05) is 76.9 Å². The summed E-state index contributed by atoms with van der Waals surface area (Å²) in [5.74, 6) is 1.50. The molecule has 0 saturated heterocycles. The summed E-state index contributed by atoms with van der Waals surface area (Å²) in [7, 11) is 0. The summed E-state index contributed by atoms with van der Waals surface area (Å²) in [4.78, 5) is 19.3. The van der Waals surface area contributed by atoms with E-state index in [-0.39, 0.29) is 11.7 Å². The van der Waals surface area contributed by atoms with Crippen LogP contribution < -0.4 is 14.8 Å². The van der Waals surface area contributed by atoms with E-state index in [0.29, 0.717) is 15.3 Å². The fraction of sp³-hybridized carbons (Fsp3) is 0.111. The molecule has 1 aliphatic rings. The van der Waals surface area contributed by atoms with Gasteiger partial charge in [0.05, 0.1) is 15.1 Å². The molecule has 7 nitrogen and oxygen atoms in total. The Bertz CT molecular complexity index is 1830. The van der Waals surface area contributed by atoms with E-state index in [0.717, 1.165) is 39.6 Å². The van der Waals surface area contributed by atoms with Gasteiger partial charge < -0.3 is 4.74 Å². The first-order valence-corrected chi connectivity index (χ1v) is 13.2. The first kappa shape index (κ1) is 21.2. The second-order valence-electron chi connectivity index (χ2n) is 8.69. The zero-order valence-corrected chi connectivity index (χ0v) is 20.8. The molecule has 9 heteroatoms. The molecule has 0 aliphatic carbocycles. The van der Waals surface area contributed by atoms with Crippen LogP contribution in [0, 0.1) is 0 Å². The molecule has 0 bridgehead atoms. The predicted molar refractivity (Wildman–Crippen MR) is 142 cm³/mol. The molecular formula is C27H19N5O2S2. The van der Waals surface area contributed by atoms with Gasteiger partial charge in [-0.05, 0) is 60.3 Å². The maximum Gasteiger partial charge on any atom is 0.291 e. The number of nitrogens with zero attached hydrogens (tertiary/aromatic N) is 5. The zero-order valence-electron chi connectivity index (χ0n) is 19.2. The standard InChI is InChI=1S/C27H19N5O2S2/c1-16-12-18-13-17(9-10-21(18)34-16)24-19(15-31(29-24)20-6-3-2-4-7-20)14-23-26(33)32-27(36-23)28-25(30-32)22-8-5-11-35-22/h2-11,13-16H,12H2,1H3/b23-14-. The van der Waals surface area contributed by atoms with Crippen molar-refractivity contribution in [1.29, 1.82) is 0 Å². The number of fused-ring (bicyclic) bond motifs is 2. The van der Waals surface area contributed by atoms with Gasteiger partial charge in [-0.25, -0.2) is 4.68 Å². The van der Waals surface area contributed by atoms with Crippen molar-refractivity contribution in [2.24, 2.45) is 0 Å². The summed E-state index contributed by atoms with van der Waals surface area (Å²) >= 11 is 2.89. The molecular weight excluding hydrogens is 490 g/mol. The molecule has 2 aromatic carbocycles. The quantitative estimate of drug-likeness (QED) is 0.347. The molecule has 36 heavy (non-hydrogen) atoms. The average molecular weight is 510 g/mol. The van der Waals surface area contributed by atoms with Gasteiger partial charge in [-0.3, -0.25) is 4.79 Å². The van der Waals surface area contributed by atoms with Crippen LogP contribution in [0.1, 0.15) is 18.1 Å². The van der Waals surface area contributed by atoms with Gasteiger partial charge in [-0.15, -0.1) is 16.4 Å². The SMILES string of the molecule is CC1Cc2cc(-c3nn(-c4ccccc4)cc3/C=c3\sc4nc(-c5cccs5)nn4c3=O)ccc2O1. The lowest BCUT2D eigenvalue weighted by atomic mass is 10.0. The zero-order chi connectivity index (χ0) is 24.2. The van der Waals surface area contributed by atoms with Gasteiger partial charge in [0.2, 0.25) is 4.96 Å². The first-order valence-electron chi connectivity index (χ1n) is 11.5. The molecule has 176 valence electrons. The van der Waals surface area contributed by atoms with E-state index in [4.69, 9.17) is 9.84 Å². The fourth-order valence-corrected chi connectivity index (χ4v) is 6.04. The maximum absolute atomic E-state index is 13.2. The number of para-hydroxylation sites is 1. The molecule has 1 atom stereocenters. The number of aromatic nitrogens is 5. The number of ether oxygens (including phenoxy) is 1. The Morgan fingerprint density at radius 2 is 1.97 bits per heavy atom. The average Bonchev–Trinajstić information content (AvgIpc) is 3.70. The minimum atomic E-state index is -0.181. The second-order valence-corrected chi connectivity index (χ2v) is 10.6. The number of hydrogen-bond donors (Lipinski definition) is 0. The largest absolute Gasteiger partial charge is 0.490 e. The Kier molecular flexibility index (Phi) is 4.86. The van der Waals surface area contributed by atoms with Crippen LogP contribution in [0.4, 0.5) is 0 Å². The molecule has 4 aromatic heterocycles. The summed E-state index contributed by atoms with van der Waals surface area (Å²) < 4.78 is 9.69. The first-order chi connectivity index (χ1) is 17.6. The Morgan fingerprint density at radius 1 is 1.08 bits per heavy atom. The molecule has 0 fully saturated rings. The highest BCUT2D eigenvalue weighted by molar-refractivity contribution is 7.15. The van der Waals surface area contributed by atoms with E-state index in [1.54, 1.807) is 11.3 Å². The van der Waals surface area contributed by atoms with Gasteiger partial charge in [0.15, 0.2) is 5.82 Å². The summed E-state index contributed by atoms with van der Waals surface area (Å²) in [6, 6.07) is 20.0. The molecule has 6 aromatic rings. The Morgan fingerprint density at radius 3 is 2.78 bits per heavy atom. The molecule has 0 saturated carbocycles. The number of hydrogen-bond acceptors (Lipinski definition) is 7. The summed E-state index contributed by atoms with van der Waals surface area (Å²) in [6.07, 6.45) is 4.89. The van der Waals surface area contributed by atoms with E-state index in [2.05, 4.69) is 23.1 Å². The van der Waals surface area contributed by atoms with Crippen LogP contribution in [0.3, 0.4) is 0 Å². The highest BCUT2D eigenvalue weighted by Gasteiger charge is 2.21. The number of benzene rings is 2. The van der Waals surface area contributed by atoms with Crippen LogP contribution >= 0.6 is 22.7 Å². The van der Waals surface area contributed by atoms with Crippen LogP contribution in [-0.4, -0.2) is 30.5 Å². The maximum atomic E-state index is 13.2. The lowest BCUT2D eigenvalue weighted by Crippen LogP contribution is -2.23. The highest BCUT2D eigenvalue weighted by atomic mass is 32.1. The van der Waals surface area contributed by atoms with Crippen molar-refractivity contribution in [1.82, 2.24) is 24.4 Å². The van der Waals surface area contributed by atoms with Crippen LogP contribution in [-0.2, 0) is 6.42 Å². The number of thiazole rings is 1. The molecule has 0 N–H and O–H groups in total. The van der Waals surface area contributed by atoms with Crippen molar-refractivity contribution in [3.63, 3.8) is 0 Å². The Hall–Kier alpha value is -4.08. The second kappa shape index (κ2) is 8.25. The highest BCUT2D eigenvalue weighted by Crippen LogP contribution is 2.34. The lowest BCUT2D eigenvalue weighted by Gasteiger charge is -2.04. The van der Waals surface area contributed by atoms with Gasteiger partial charge in [0, 0.05) is 23.7 Å². The summed E-state index contributed by atoms with van der Waals surface area (Å²) in [5.41, 5.74) is 4.58. The normalized spacial score (nSPS) is 15.5. The lowest BCUT2D eigenvalue weighted by molar-refractivity contribution is 0.254. The summed E-state index contributed by atoms with van der Waals surface area (Å²) in [5, 5.41) is 11.3. The van der Waals surface area contributed by atoms with E-state index < -0.39 is 0 Å². The van der Waals surface area contributed by atoms with Crippen molar-refractivity contribution in [3.8, 4) is 33.4 Å². The molecule has 0 spiro atoms. The van der Waals surface area contributed by atoms with E-state index in [1.165, 1.54) is 21.4 Å². The van der Waals surface area contributed by atoms with E-state index >= 15 is 0 Å². The van der Waals surface area contributed by atoms with Crippen LogP contribution in [0.2, 0.25) is 0 Å². The van der Waals surface area contributed by atoms with Gasteiger partial charge >= 0.3 is 0 Å². The molecule has 1 unspecified atom stereocenters. The smallest absolute Gasteiger partial charge is 0.291 e. The van der Waals surface area contributed by atoms with Gasteiger partial charge in [0.25, 0.3) is 5.56 Å². The minimum absolute atomic E-state index is 0.167. The van der Waals surface area contributed by atoms with Crippen LogP contribution in [0.25, 0.3) is 38.7 Å². The molecule has 7 rings (SSSR count). The molecule has 1 aliphatic heterocycles. The third kappa shape index (κ3) is 3.55. The van der Waals surface area contributed by atoms with Crippen molar-refractivity contribution in [2.75, 3.05) is 0 Å². The van der Waals surface area contributed by atoms with Crippen LogP contribution in [0.5, 0.6) is 5.75 Å². The third-order valence-corrected chi connectivity index (χ3v) is 7.97.